The van der Waals surface area contributed by atoms with Crippen LogP contribution in [-0.2, 0) is 23.8 Å². The molecule has 0 fully saturated rings. The molecular formula is C6H6F2NO4S+2. The van der Waals surface area contributed by atoms with E-state index in [9.17, 15) is 17.5 Å². The third-order valence-electron chi connectivity index (χ3n) is 1.25. The SMILES string of the molecule is [NH3+]O[S+]([O])(=O)Oc1c(F)cccc1F. The largest absolute Gasteiger partial charge is 0.640 e. The molecule has 0 bridgehead atoms. The number of benzene rings is 1. The molecule has 3 N–H and O–H groups in total. The second kappa shape index (κ2) is 3.96. The Kier molecular flexibility index (Phi) is 3.11. The Morgan fingerprint density at radius 3 is 2.21 bits per heavy atom. The van der Waals surface area contributed by atoms with Gasteiger partial charge in [-0.1, -0.05) is 6.07 Å². The number of para-hydroxylation sites is 1. The molecule has 5 nitrogen and oxygen atoms in total. The molecule has 77 valence electrons. The van der Waals surface area contributed by atoms with Crippen LogP contribution < -0.4 is 10.1 Å². The Morgan fingerprint density at radius 1 is 1.29 bits per heavy atom. The highest BCUT2D eigenvalue weighted by molar-refractivity contribution is 7.88. The summed E-state index contributed by atoms with van der Waals surface area (Å²) in [5.41, 5.74) is 0. The van der Waals surface area contributed by atoms with E-state index >= 15 is 0 Å². The first-order valence-electron chi connectivity index (χ1n) is 3.28. The number of hydrogen-bond donors (Lipinski definition) is 1. The average Bonchev–Trinajstić information content (AvgIpc) is 2.12. The van der Waals surface area contributed by atoms with Crippen molar-refractivity contribution < 1.29 is 31.9 Å². The number of halogens is 2. The standard InChI is InChI=1S/C6H6F2NO4S/c7-4-2-1-3-5(8)6(4)12-14(10,11)13-9/h1-3H,9H3/q+2. The maximum Gasteiger partial charge on any atom is 0.640 e. The zero-order chi connectivity index (χ0) is 10.8. The second-order valence-corrected chi connectivity index (χ2v) is 3.38. The van der Waals surface area contributed by atoms with Gasteiger partial charge in [-0.2, -0.15) is 5.90 Å². The van der Waals surface area contributed by atoms with E-state index < -0.39 is 28.2 Å². The number of rotatable bonds is 3. The monoisotopic (exact) mass is 226 g/mol. The van der Waals surface area contributed by atoms with E-state index in [1.807, 2.05) is 0 Å². The summed E-state index contributed by atoms with van der Waals surface area (Å²) in [6.45, 7) is 0. The van der Waals surface area contributed by atoms with Gasteiger partial charge in [0.25, 0.3) is 5.75 Å². The van der Waals surface area contributed by atoms with Gasteiger partial charge < -0.3 is 0 Å². The van der Waals surface area contributed by atoms with E-state index in [2.05, 4.69) is 14.4 Å². The molecule has 0 saturated carbocycles. The van der Waals surface area contributed by atoms with Crippen LogP contribution >= 0.6 is 0 Å². The summed E-state index contributed by atoms with van der Waals surface area (Å²) in [4.78, 5) is 0. The first-order valence-corrected chi connectivity index (χ1v) is 4.61. The highest BCUT2D eigenvalue weighted by Crippen LogP contribution is 2.23. The molecule has 14 heavy (non-hydrogen) atoms. The highest BCUT2D eigenvalue weighted by atomic mass is 32.3. The number of quaternary nitrogens is 1. The normalized spacial score (nSPS) is 14.9. The molecule has 1 aromatic rings. The molecule has 0 spiro atoms. The molecule has 1 rings (SSSR count). The van der Waals surface area contributed by atoms with Crippen LogP contribution in [0.1, 0.15) is 0 Å². The first kappa shape index (κ1) is 11.0. The van der Waals surface area contributed by atoms with Crippen molar-refractivity contribution in [2.24, 2.45) is 0 Å². The summed E-state index contributed by atoms with van der Waals surface area (Å²) < 4.78 is 54.5. The molecule has 0 aliphatic carbocycles. The van der Waals surface area contributed by atoms with Crippen LogP contribution in [0.3, 0.4) is 0 Å². The van der Waals surface area contributed by atoms with Gasteiger partial charge in [0.05, 0.1) is 4.28 Å². The van der Waals surface area contributed by atoms with Crippen LogP contribution in [-0.4, -0.2) is 0 Å². The molecule has 1 aromatic carbocycles. The Morgan fingerprint density at radius 2 is 1.79 bits per heavy atom. The van der Waals surface area contributed by atoms with Crippen molar-refractivity contribution in [2.75, 3.05) is 0 Å². The Labute approximate surface area is 79.0 Å². The zero-order valence-electron chi connectivity index (χ0n) is 6.74. The van der Waals surface area contributed by atoms with E-state index in [0.29, 0.717) is 0 Å². The van der Waals surface area contributed by atoms with Gasteiger partial charge >= 0.3 is 10.8 Å². The van der Waals surface area contributed by atoms with Crippen LogP contribution in [0.15, 0.2) is 18.2 Å². The fourth-order valence-electron chi connectivity index (χ4n) is 0.688. The van der Waals surface area contributed by atoms with Crippen molar-refractivity contribution in [2.45, 2.75) is 0 Å². The van der Waals surface area contributed by atoms with Gasteiger partial charge in [-0.3, -0.25) is 0 Å². The highest BCUT2D eigenvalue weighted by Gasteiger charge is 2.39. The van der Waals surface area contributed by atoms with Gasteiger partial charge in [-0.05, 0) is 12.1 Å². The van der Waals surface area contributed by atoms with Gasteiger partial charge in [0.2, 0.25) is 0 Å². The van der Waals surface area contributed by atoms with Crippen molar-refractivity contribution in [3.05, 3.63) is 29.8 Å². The predicted octanol–water partition coefficient (Wildman–Crippen LogP) is 0.192. The van der Waals surface area contributed by atoms with E-state index in [4.69, 9.17) is 0 Å². The van der Waals surface area contributed by atoms with Crippen LogP contribution in [0, 0.1) is 11.6 Å². The molecule has 0 heterocycles. The van der Waals surface area contributed by atoms with Gasteiger partial charge in [-0.15, -0.1) is 0 Å². The van der Waals surface area contributed by atoms with Crippen molar-refractivity contribution in [1.82, 2.24) is 0 Å². The van der Waals surface area contributed by atoms with Crippen molar-refractivity contribution in [1.29, 1.82) is 0 Å². The lowest BCUT2D eigenvalue weighted by Crippen LogP contribution is -2.53. The minimum absolute atomic E-state index is 0.844. The van der Waals surface area contributed by atoms with E-state index in [0.717, 1.165) is 18.2 Å². The van der Waals surface area contributed by atoms with E-state index in [1.165, 1.54) is 0 Å². The first-order chi connectivity index (χ1) is 6.46. The van der Waals surface area contributed by atoms with Gasteiger partial charge in [0, 0.05) is 4.21 Å². The Balaban J connectivity index is 3.03. The molecule has 0 aliphatic heterocycles. The van der Waals surface area contributed by atoms with Crippen LogP contribution in [0.5, 0.6) is 5.75 Å². The molecule has 8 heteroatoms. The van der Waals surface area contributed by atoms with Crippen molar-refractivity contribution in [3.8, 4) is 5.75 Å². The quantitative estimate of drug-likeness (QED) is 0.590. The zero-order valence-corrected chi connectivity index (χ0v) is 7.55. The molecule has 1 atom stereocenters. The summed E-state index contributed by atoms with van der Waals surface area (Å²) in [5.74, 6) is -0.785. The second-order valence-electron chi connectivity index (χ2n) is 2.16. The molecule has 1 unspecified atom stereocenters. The fraction of sp³-hybridized carbons (Fsp3) is 0. The van der Waals surface area contributed by atoms with Crippen LogP contribution in [0.25, 0.3) is 0 Å². The molecule has 0 aromatic heterocycles. The lowest BCUT2D eigenvalue weighted by atomic mass is 10.3. The minimum Gasteiger partial charge on any atom is -0.213 e. The number of hydrogen-bond acceptors (Lipinski definition) is 3. The summed E-state index contributed by atoms with van der Waals surface area (Å²) >= 11 is 0. The van der Waals surface area contributed by atoms with Crippen molar-refractivity contribution in [3.63, 3.8) is 0 Å². The fourth-order valence-corrected chi connectivity index (χ4v) is 1.10. The molecule has 0 aliphatic rings. The summed E-state index contributed by atoms with van der Waals surface area (Å²) in [7, 11) is -4.51. The molecular weight excluding hydrogens is 220 g/mol. The maximum absolute atomic E-state index is 12.8. The topological polar surface area (TPSA) is 83.1 Å². The Bertz CT molecular complexity index is 366. The summed E-state index contributed by atoms with van der Waals surface area (Å²) in [6.07, 6.45) is 0. The summed E-state index contributed by atoms with van der Waals surface area (Å²) in [6, 6.07) is 2.75. The van der Waals surface area contributed by atoms with Gasteiger partial charge in [0.15, 0.2) is 11.6 Å². The van der Waals surface area contributed by atoms with Gasteiger partial charge in [-0.25, -0.2) is 13.0 Å². The lowest BCUT2D eigenvalue weighted by molar-refractivity contribution is -0.639. The predicted molar refractivity (Wildman–Crippen MR) is 39.7 cm³/mol. The third-order valence-corrected chi connectivity index (χ3v) is 1.91. The minimum atomic E-state index is -4.51. The van der Waals surface area contributed by atoms with Gasteiger partial charge in [0.1, 0.15) is 4.55 Å². The molecule has 0 amide bonds. The van der Waals surface area contributed by atoms with E-state index in [1.54, 1.807) is 0 Å². The third kappa shape index (κ3) is 2.45. The van der Waals surface area contributed by atoms with Crippen molar-refractivity contribution >= 4 is 10.8 Å². The Hall–Kier alpha value is -1.09. The smallest absolute Gasteiger partial charge is 0.213 e. The average molecular weight is 226 g/mol. The summed E-state index contributed by atoms with van der Waals surface area (Å²) in [5, 5.41) is 0. The molecule has 0 saturated heterocycles. The maximum atomic E-state index is 12.8. The van der Waals surface area contributed by atoms with Crippen LogP contribution in [0.4, 0.5) is 8.78 Å². The van der Waals surface area contributed by atoms with Crippen LogP contribution in [0.2, 0.25) is 0 Å². The van der Waals surface area contributed by atoms with E-state index in [-0.39, 0.29) is 0 Å². The molecule has 1 radical (unpaired) electrons. The lowest BCUT2D eigenvalue weighted by Gasteiger charge is -1.99.